The zero-order valence-corrected chi connectivity index (χ0v) is 9.94. The number of aromatic nitrogens is 1. The second-order valence-electron chi connectivity index (χ2n) is 4.05. The van der Waals surface area contributed by atoms with E-state index in [-0.39, 0.29) is 6.61 Å². The van der Waals surface area contributed by atoms with Crippen LogP contribution in [0, 0.1) is 6.92 Å². The summed E-state index contributed by atoms with van der Waals surface area (Å²) >= 11 is 0. The van der Waals surface area contributed by atoms with Crippen LogP contribution in [0.3, 0.4) is 0 Å². The van der Waals surface area contributed by atoms with Crippen molar-refractivity contribution in [2.45, 2.75) is 25.4 Å². The van der Waals surface area contributed by atoms with Crippen LogP contribution in [-0.4, -0.2) is 30.4 Å². The van der Waals surface area contributed by atoms with E-state index in [0.29, 0.717) is 13.0 Å². The first kappa shape index (κ1) is 13.1. The summed E-state index contributed by atoms with van der Waals surface area (Å²) in [5.41, 5.74) is 6.21. The topological polar surface area (TPSA) is 68.4 Å². The molecule has 0 aliphatic heterocycles. The van der Waals surface area contributed by atoms with Crippen molar-refractivity contribution in [3.63, 3.8) is 0 Å². The van der Waals surface area contributed by atoms with E-state index in [9.17, 15) is 5.11 Å². The van der Waals surface area contributed by atoms with E-state index in [1.165, 1.54) is 0 Å². The van der Waals surface area contributed by atoms with Gasteiger partial charge in [-0.25, -0.2) is 0 Å². The maximum atomic E-state index is 10.5. The molecule has 0 fully saturated rings. The van der Waals surface area contributed by atoms with Crippen LogP contribution in [0.15, 0.2) is 18.3 Å². The molecule has 0 saturated heterocycles. The van der Waals surface area contributed by atoms with E-state index >= 15 is 0 Å². The van der Waals surface area contributed by atoms with Gasteiger partial charge in [0.2, 0.25) is 0 Å². The largest absolute Gasteiger partial charge is 0.383 e. The number of nitrogens with zero attached hydrogens (tertiary/aromatic N) is 1. The molecular formula is C12H20N2O2. The smallest absolute Gasteiger partial charge is 0.114 e. The van der Waals surface area contributed by atoms with Crippen molar-refractivity contribution in [3.8, 4) is 0 Å². The Hall–Kier alpha value is -0.970. The molecule has 0 radical (unpaired) electrons. The van der Waals surface area contributed by atoms with Gasteiger partial charge in [0.25, 0.3) is 0 Å². The van der Waals surface area contributed by atoms with Crippen LogP contribution < -0.4 is 5.73 Å². The number of aliphatic hydroxyl groups is 1. The standard InChI is InChI=1S/C12H20N2O2/c1-10-4-5-11(8-14-10)12(15,9-16-2)6-3-7-13/h4-5,8,15H,3,6-7,9,13H2,1-2H3. The van der Waals surface area contributed by atoms with Gasteiger partial charge in [0.1, 0.15) is 5.60 Å². The molecule has 0 amide bonds. The molecule has 0 aromatic carbocycles. The predicted octanol–water partition coefficient (Wildman–Crippen LogP) is 0.963. The van der Waals surface area contributed by atoms with Gasteiger partial charge in [-0.15, -0.1) is 0 Å². The van der Waals surface area contributed by atoms with Gasteiger partial charge in [0, 0.05) is 24.6 Å². The number of hydrogen-bond acceptors (Lipinski definition) is 4. The Morgan fingerprint density at radius 2 is 2.25 bits per heavy atom. The first-order valence-electron chi connectivity index (χ1n) is 5.47. The molecule has 4 nitrogen and oxygen atoms in total. The minimum absolute atomic E-state index is 0.262. The van der Waals surface area contributed by atoms with Crippen molar-refractivity contribution >= 4 is 0 Å². The van der Waals surface area contributed by atoms with Crippen LogP contribution in [0.5, 0.6) is 0 Å². The van der Waals surface area contributed by atoms with E-state index in [1.54, 1.807) is 13.3 Å². The highest BCUT2D eigenvalue weighted by molar-refractivity contribution is 5.20. The van der Waals surface area contributed by atoms with E-state index in [1.807, 2.05) is 19.1 Å². The fourth-order valence-corrected chi connectivity index (χ4v) is 1.68. The van der Waals surface area contributed by atoms with Crippen LogP contribution in [0.1, 0.15) is 24.1 Å². The highest BCUT2D eigenvalue weighted by Gasteiger charge is 2.28. The molecule has 0 aliphatic carbocycles. The molecular weight excluding hydrogens is 204 g/mol. The zero-order valence-electron chi connectivity index (χ0n) is 9.94. The van der Waals surface area contributed by atoms with Crippen molar-refractivity contribution < 1.29 is 9.84 Å². The zero-order chi connectivity index (χ0) is 12.0. The number of methoxy groups -OCH3 is 1. The monoisotopic (exact) mass is 224 g/mol. The third kappa shape index (κ3) is 3.27. The molecule has 4 heteroatoms. The second-order valence-corrected chi connectivity index (χ2v) is 4.05. The van der Waals surface area contributed by atoms with Crippen LogP contribution in [0.4, 0.5) is 0 Å². The summed E-state index contributed by atoms with van der Waals surface area (Å²) in [6.45, 7) is 2.74. The Kier molecular flexibility index (Phi) is 4.86. The molecule has 0 saturated carbocycles. The first-order chi connectivity index (χ1) is 7.62. The number of nitrogens with two attached hydrogens (primary N) is 1. The van der Waals surface area contributed by atoms with Gasteiger partial charge in [-0.3, -0.25) is 4.98 Å². The molecule has 0 bridgehead atoms. The molecule has 90 valence electrons. The molecule has 1 unspecified atom stereocenters. The fraction of sp³-hybridized carbons (Fsp3) is 0.583. The van der Waals surface area contributed by atoms with E-state index in [4.69, 9.17) is 10.5 Å². The molecule has 1 heterocycles. The van der Waals surface area contributed by atoms with E-state index in [2.05, 4.69) is 4.98 Å². The van der Waals surface area contributed by atoms with Gasteiger partial charge >= 0.3 is 0 Å². The molecule has 1 aromatic rings. The molecule has 0 spiro atoms. The number of aryl methyl sites for hydroxylation is 1. The molecule has 3 N–H and O–H groups in total. The highest BCUT2D eigenvalue weighted by Crippen LogP contribution is 2.26. The highest BCUT2D eigenvalue weighted by atomic mass is 16.5. The van der Waals surface area contributed by atoms with Crippen LogP contribution in [-0.2, 0) is 10.3 Å². The summed E-state index contributed by atoms with van der Waals surface area (Å²) in [7, 11) is 1.58. The Bertz CT molecular complexity index is 313. The van der Waals surface area contributed by atoms with Crippen LogP contribution >= 0.6 is 0 Å². The van der Waals surface area contributed by atoms with Gasteiger partial charge in [-0.05, 0) is 32.4 Å². The van der Waals surface area contributed by atoms with Gasteiger partial charge in [-0.1, -0.05) is 6.07 Å². The Balaban J connectivity index is 2.86. The Labute approximate surface area is 96.5 Å². The lowest BCUT2D eigenvalue weighted by Gasteiger charge is -2.27. The van der Waals surface area contributed by atoms with Gasteiger partial charge in [0.05, 0.1) is 6.61 Å². The van der Waals surface area contributed by atoms with E-state index < -0.39 is 5.60 Å². The Morgan fingerprint density at radius 3 is 2.75 bits per heavy atom. The summed E-state index contributed by atoms with van der Waals surface area (Å²) in [4.78, 5) is 4.19. The van der Waals surface area contributed by atoms with Crippen molar-refractivity contribution in [1.82, 2.24) is 4.98 Å². The predicted molar refractivity (Wildman–Crippen MR) is 63.0 cm³/mol. The third-order valence-corrected chi connectivity index (χ3v) is 2.63. The van der Waals surface area contributed by atoms with Crippen molar-refractivity contribution in [2.24, 2.45) is 5.73 Å². The summed E-state index contributed by atoms with van der Waals surface area (Å²) < 4.78 is 5.07. The third-order valence-electron chi connectivity index (χ3n) is 2.63. The summed E-state index contributed by atoms with van der Waals surface area (Å²) in [5.74, 6) is 0. The maximum Gasteiger partial charge on any atom is 0.114 e. The van der Waals surface area contributed by atoms with Gasteiger partial charge in [0.15, 0.2) is 0 Å². The number of pyridine rings is 1. The van der Waals surface area contributed by atoms with Gasteiger partial charge in [-0.2, -0.15) is 0 Å². The lowest BCUT2D eigenvalue weighted by molar-refractivity contribution is -0.0432. The minimum atomic E-state index is -0.977. The summed E-state index contributed by atoms with van der Waals surface area (Å²) in [6, 6.07) is 3.77. The number of ether oxygens (including phenoxy) is 1. The SMILES string of the molecule is COCC(O)(CCCN)c1ccc(C)nc1. The number of rotatable bonds is 6. The van der Waals surface area contributed by atoms with Crippen molar-refractivity contribution in [3.05, 3.63) is 29.6 Å². The summed E-state index contributed by atoms with van der Waals surface area (Å²) in [5, 5.41) is 10.5. The van der Waals surface area contributed by atoms with Crippen LogP contribution in [0.25, 0.3) is 0 Å². The fourth-order valence-electron chi connectivity index (χ4n) is 1.68. The van der Waals surface area contributed by atoms with Gasteiger partial charge < -0.3 is 15.6 Å². The average Bonchev–Trinajstić information content (AvgIpc) is 2.27. The molecule has 1 aromatic heterocycles. The van der Waals surface area contributed by atoms with E-state index in [0.717, 1.165) is 17.7 Å². The second kappa shape index (κ2) is 5.94. The lowest BCUT2D eigenvalue weighted by Crippen LogP contribution is -2.32. The van der Waals surface area contributed by atoms with Crippen molar-refractivity contribution in [1.29, 1.82) is 0 Å². The molecule has 1 atom stereocenters. The maximum absolute atomic E-state index is 10.5. The Morgan fingerprint density at radius 1 is 1.50 bits per heavy atom. The quantitative estimate of drug-likeness (QED) is 0.755. The van der Waals surface area contributed by atoms with Crippen molar-refractivity contribution in [2.75, 3.05) is 20.3 Å². The summed E-state index contributed by atoms with van der Waals surface area (Å²) in [6.07, 6.45) is 3.04. The molecule has 1 rings (SSSR count). The number of hydrogen-bond donors (Lipinski definition) is 2. The normalized spacial score (nSPS) is 14.8. The minimum Gasteiger partial charge on any atom is -0.383 e. The lowest BCUT2D eigenvalue weighted by atomic mass is 9.91. The first-order valence-corrected chi connectivity index (χ1v) is 5.47. The molecule has 16 heavy (non-hydrogen) atoms. The van der Waals surface area contributed by atoms with Crippen LogP contribution in [0.2, 0.25) is 0 Å². The average molecular weight is 224 g/mol. The molecule has 0 aliphatic rings.